The molecule has 7 aromatic rings. The number of aromatic nitrogens is 5. The fraction of sp³-hybridized carbons (Fsp3) is 0.369. The quantitative estimate of drug-likeness (QED) is 0.00514. The number of Topliss-reactive ketones (excluding diaryl/α,β-unsaturated/α-hetero) is 2. The highest BCUT2D eigenvalue weighted by molar-refractivity contribution is 8.00. The molecule has 2 aliphatic rings. The van der Waals surface area contributed by atoms with E-state index in [1.165, 1.54) is 64.5 Å². The van der Waals surface area contributed by atoms with E-state index >= 15 is 0 Å². The van der Waals surface area contributed by atoms with Gasteiger partial charge >= 0.3 is 0 Å². The van der Waals surface area contributed by atoms with Gasteiger partial charge in [-0.2, -0.15) is 50.2 Å². The van der Waals surface area contributed by atoms with Crippen molar-refractivity contribution in [2.75, 3.05) is 119 Å². The zero-order valence-corrected chi connectivity index (χ0v) is 62.3. The van der Waals surface area contributed by atoms with E-state index in [9.17, 15) is 58.1 Å². The normalized spacial score (nSPS) is 14.0. The standard InChI is InChI=1S/C65H77N17O15S6/c1-9-79(10-2)51-35-47(49(37-53(51)96-7)75-77-64-70-57(81-27-15-13-16-28-81)55(99-64)33-45(39(5)83)59(85)66-41-19-23-43(24-20-41)102(90,91)92)68-61-72-62(74-63(73-61)98-31-32-101(87,88)89)69-48-36-52(80(11-3)12-4)54(97-8)38-50(48)76-78-65-71-58(82-29-17-14-18-30-82)56(100-65)34-46(40(6)84)60(86)67-42-21-25-44(26-22-42)103(93,94)95/h19-26,33-38H,9-18,27-32H2,1-8H3,(H,66,85)(H,67,86)(H,87,88,89)(H,90,91,92)(H,93,94,95)(H2,68,69,72,73,74)/b45-33-,46-34+,77-75+,78-76+. The van der Waals surface area contributed by atoms with Crippen molar-refractivity contribution in [1.29, 1.82) is 0 Å². The van der Waals surface area contributed by atoms with Crippen LogP contribution in [0, 0.1) is 0 Å². The van der Waals surface area contributed by atoms with Crippen LogP contribution in [0.1, 0.15) is 89.8 Å². The molecule has 9 rings (SSSR count). The fourth-order valence-corrected chi connectivity index (χ4v) is 15.3. The highest BCUT2D eigenvalue weighted by atomic mass is 32.2. The number of ether oxygens (including phenoxy) is 2. The molecule has 38 heteroatoms. The Bertz CT molecular complexity index is 4490. The van der Waals surface area contributed by atoms with Crippen LogP contribution >= 0.6 is 34.4 Å². The maximum Gasteiger partial charge on any atom is 0.294 e. The molecule has 0 aliphatic carbocycles. The minimum absolute atomic E-state index is 0.00881. The van der Waals surface area contributed by atoms with Crippen molar-refractivity contribution in [2.24, 2.45) is 20.5 Å². The van der Waals surface area contributed by atoms with E-state index < -0.39 is 59.5 Å². The Labute approximate surface area is 607 Å². The number of carbonyl (C=O) groups is 4. The second-order valence-corrected chi connectivity index (χ2v) is 30.6. The molecule has 0 saturated carbocycles. The second-order valence-electron chi connectivity index (χ2n) is 23.1. The zero-order valence-electron chi connectivity index (χ0n) is 57.4. The number of nitrogens with one attached hydrogen (secondary N) is 4. The van der Waals surface area contributed by atoms with Crippen molar-refractivity contribution in [3.8, 4) is 11.5 Å². The molecule has 2 amide bonds. The number of hydrogen-bond donors (Lipinski definition) is 7. The molecule has 548 valence electrons. The highest BCUT2D eigenvalue weighted by Gasteiger charge is 2.27. The summed E-state index contributed by atoms with van der Waals surface area (Å²) in [5.74, 6) is -2.00. The Morgan fingerprint density at radius 2 is 0.932 bits per heavy atom. The van der Waals surface area contributed by atoms with Crippen LogP contribution in [-0.4, -0.2) is 165 Å². The number of nitrogens with zero attached hydrogens (tertiary/aromatic N) is 13. The number of azo groups is 2. The molecule has 4 aromatic carbocycles. The van der Waals surface area contributed by atoms with Gasteiger partial charge in [0.2, 0.25) is 22.2 Å². The van der Waals surface area contributed by atoms with Gasteiger partial charge in [-0.05, 0) is 153 Å². The average molecular weight is 1530 g/mol. The van der Waals surface area contributed by atoms with Gasteiger partial charge in [-0.15, -0.1) is 20.5 Å². The first-order valence-corrected chi connectivity index (χ1v) is 39.6. The number of rotatable bonds is 32. The highest BCUT2D eigenvalue weighted by Crippen LogP contribution is 2.45. The third kappa shape index (κ3) is 20.7. The zero-order chi connectivity index (χ0) is 74.3. The smallest absolute Gasteiger partial charge is 0.294 e. The van der Waals surface area contributed by atoms with Gasteiger partial charge in [0, 0.05) is 81.6 Å². The molecule has 0 atom stereocenters. The van der Waals surface area contributed by atoms with Gasteiger partial charge in [0.05, 0.1) is 73.4 Å². The molecule has 5 heterocycles. The van der Waals surface area contributed by atoms with Gasteiger partial charge in [0.25, 0.3) is 42.2 Å². The lowest BCUT2D eigenvalue weighted by Gasteiger charge is -2.27. The van der Waals surface area contributed by atoms with Crippen molar-refractivity contribution < 1.29 is 67.6 Å². The van der Waals surface area contributed by atoms with Crippen LogP contribution in [0.15, 0.2) is 119 Å². The Hall–Kier alpha value is -9.41. The molecule has 0 radical (unpaired) electrons. The van der Waals surface area contributed by atoms with Crippen LogP contribution in [0.3, 0.4) is 0 Å². The van der Waals surface area contributed by atoms with E-state index in [2.05, 4.69) is 31.5 Å². The maximum absolute atomic E-state index is 13.8. The second kappa shape index (κ2) is 34.7. The summed E-state index contributed by atoms with van der Waals surface area (Å²) in [5.41, 5.74) is 2.08. The number of piperidine rings is 2. The first-order valence-electron chi connectivity index (χ1n) is 32.5. The topological polar surface area (TPSA) is 425 Å². The van der Waals surface area contributed by atoms with Crippen LogP contribution in [0.4, 0.5) is 79.3 Å². The molecule has 2 saturated heterocycles. The monoisotopic (exact) mass is 1530 g/mol. The summed E-state index contributed by atoms with van der Waals surface area (Å²) in [4.78, 5) is 86.4. The lowest BCUT2D eigenvalue weighted by molar-refractivity contribution is -0.120. The van der Waals surface area contributed by atoms with Crippen LogP contribution < -0.4 is 50.3 Å². The molecular formula is C65H77N17O15S6. The molecule has 0 bridgehead atoms. The number of amides is 2. The van der Waals surface area contributed by atoms with Gasteiger partial charge in [-0.3, -0.25) is 32.8 Å². The van der Waals surface area contributed by atoms with E-state index in [-0.39, 0.29) is 76.8 Å². The van der Waals surface area contributed by atoms with Crippen LogP contribution in [0.2, 0.25) is 0 Å². The summed E-state index contributed by atoms with van der Waals surface area (Å²) in [6, 6.07) is 16.4. The van der Waals surface area contributed by atoms with Crippen LogP contribution in [0.25, 0.3) is 12.2 Å². The van der Waals surface area contributed by atoms with Gasteiger partial charge in [0.15, 0.2) is 16.7 Å². The minimum atomic E-state index is -4.52. The molecule has 2 aliphatic heterocycles. The van der Waals surface area contributed by atoms with E-state index in [1.54, 1.807) is 24.3 Å². The fourth-order valence-electron chi connectivity index (χ4n) is 10.9. The first-order chi connectivity index (χ1) is 49.1. The molecule has 2 fully saturated rings. The number of thiazole rings is 2. The van der Waals surface area contributed by atoms with Gasteiger partial charge in [-0.25, -0.2) is 0 Å². The Morgan fingerprint density at radius 1 is 0.553 bits per heavy atom. The van der Waals surface area contributed by atoms with E-state index in [1.807, 2.05) is 47.3 Å². The molecular weight excluding hydrogens is 1450 g/mol. The third-order valence-electron chi connectivity index (χ3n) is 16.1. The minimum Gasteiger partial charge on any atom is -0.494 e. The summed E-state index contributed by atoms with van der Waals surface area (Å²) in [6.45, 7) is 15.0. The van der Waals surface area contributed by atoms with Crippen molar-refractivity contribution in [3.63, 3.8) is 0 Å². The number of carbonyl (C=O) groups excluding carboxylic acids is 4. The van der Waals surface area contributed by atoms with Crippen LogP contribution in [-0.2, 0) is 49.5 Å². The molecule has 0 unspecified atom stereocenters. The molecule has 0 spiro atoms. The summed E-state index contributed by atoms with van der Waals surface area (Å²) in [6.07, 6.45) is 8.20. The predicted molar refractivity (Wildman–Crippen MR) is 398 cm³/mol. The molecule has 7 N–H and O–H groups in total. The summed E-state index contributed by atoms with van der Waals surface area (Å²) < 4.78 is 112. The molecule has 3 aromatic heterocycles. The number of anilines is 10. The van der Waals surface area contributed by atoms with Crippen molar-refractivity contribution in [2.45, 2.75) is 95.0 Å². The number of benzene rings is 4. The number of methoxy groups -OCH3 is 2. The largest absolute Gasteiger partial charge is 0.494 e. The Morgan fingerprint density at radius 3 is 1.26 bits per heavy atom. The van der Waals surface area contributed by atoms with E-state index in [0.29, 0.717) is 108 Å². The average Bonchev–Trinajstić information content (AvgIpc) is 1.77. The van der Waals surface area contributed by atoms with Gasteiger partial charge in [0.1, 0.15) is 34.5 Å². The van der Waals surface area contributed by atoms with Crippen molar-refractivity contribution in [1.82, 2.24) is 24.9 Å². The number of thioether (sulfide) groups is 1. The van der Waals surface area contributed by atoms with Crippen LogP contribution in [0.5, 0.6) is 11.5 Å². The third-order valence-corrected chi connectivity index (χ3v) is 21.5. The Kier molecular flexibility index (Phi) is 26.2. The maximum atomic E-state index is 13.8. The van der Waals surface area contributed by atoms with Crippen molar-refractivity contribution in [3.05, 3.63) is 93.7 Å². The van der Waals surface area contributed by atoms with E-state index in [4.69, 9.17) is 44.6 Å². The van der Waals surface area contributed by atoms with Gasteiger partial charge < -0.3 is 50.3 Å². The predicted octanol–water partition coefficient (Wildman–Crippen LogP) is 12.5. The molecule has 103 heavy (non-hydrogen) atoms. The van der Waals surface area contributed by atoms with E-state index in [0.717, 1.165) is 97.2 Å². The lowest BCUT2D eigenvalue weighted by atomic mass is 10.1. The summed E-state index contributed by atoms with van der Waals surface area (Å²) in [5, 5.41) is 30.9. The Balaban J connectivity index is 1.12. The number of ketones is 2. The molecule has 32 nitrogen and oxygen atoms in total. The SMILES string of the molecule is CCN(CC)c1cc(Nc2nc(Nc3cc(N(CC)CC)c(OC)cc3/N=N/c3nc(N4CCCCC4)c(/C=C(\C(C)=O)C(=O)Nc4ccc(S(=O)(=O)O)cc4)s3)nc(SCCS(=O)(=O)O)n2)c(/N=N/c2nc(N3CCCCC3)c(/C=C(/C(C)=O)C(=O)Nc3ccc(S(=O)(=O)O)cc3)s2)cc1OC. The summed E-state index contributed by atoms with van der Waals surface area (Å²) >= 11 is 3.04. The number of hydrogen-bond acceptors (Lipinski definition) is 30. The lowest BCUT2D eigenvalue weighted by Crippen LogP contribution is -2.30. The van der Waals surface area contributed by atoms with Gasteiger partial charge in [-0.1, -0.05) is 34.4 Å². The first kappa shape index (κ1) is 77.7. The van der Waals surface area contributed by atoms with Crippen molar-refractivity contribution >= 4 is 180 Å². The summed E-state index contributed by atoms with van der Waals surface area (Å²) in [7, 11) is -10.5.